The Kier molecular flexibility index (Phi) is 2.79. The minimum Gasteiger partial charge on any atom is -0.392 e. The summed E-state index contributed by atoms with van der Waals surface area (Å²) < 4.78 is 15.7. The minimum atomic E-state index is -0.228. The highest BCUT2D eigenvalue weighted by atomic mass is 19.1. The molecule has 0 bridgehead atoms. The second-order valence-electron chi connectivity index (χ2n) is 4.86. The van der Waals surface area contributed by atoms with Crippen molar-refractivity contribution in [2.75, 3.05) is 0 Å². The number of aliphatic hydroxyl groups excluding tert-OH is 1. The molecule has 2 nitrogen and oxygen atoms in total. The summed E-state index contributed by atoms with van der Waals surface area (Å²) in [4.78, 5) is 0. The van der Waals surface area contributed by atoms with Gasteiger partial charge in [0, 0.05) is 28.4 Å². The van der Waals surface area contributed by atoms with E-state index in [4.69, 9.17) is 0 Å². The molecule has 98 valence electrons. The number of hydrogen-bond acceptors (Lipinski definition) is 1. The molecule has 0 aliphatic heterocycles. The van der Waals surface area contributed by atoms with Crippen LogP contribution in [0, 0.1) is 12.7 Å². The van der Waals surface area contributed by atoms with Crippen LogP contribution in [-0.4, -0.2) is 9.67 Å². The van der Waals surface area contributed by atoms with Crippen LogP contribution in [0.3, 0.4) is 0 Å². The van der Waals surface area contributed by atoms with E-state index in [1.165, 1.54) is 6.07 Å². The van der Waals surface area contributed by atoms with Gasteiger partial charge in [-0.1, -0.05) is 0 Å². The SMILES string of the molecule is CCn1c2ccc(F)cc2c2cc(CO)c(C)cc21. The molecule has 1 heterocycles. The molecule has 0 amide bonds. The van der Waals surface area contributed by atoms with Gasteiger partial charge >= 0.3 is 0 Å². The average Bonchev–Trinajstić information content (AvgIpc) is 2.69. The fraction of sp³-hybridized carbons (Fsp3) is 0.250. The predicted molar refractivity (Wildman–Crippen MR) is 75.7 cm³/mol. The number of nitrogens with zero attached hydrogens (tertiary/aromatic N) is 1. The molecular formula is C16H16FNO. The van der Waals surface area contributed by atoms with E-state index in [0.29, 0.717) is 0 Å². The topological polar surface area (TPSA) is 25.2 Å². The van der Waals surface area contributed by atoms with Gasteiger partial charge in [-0.05, 0) is 55.3 Å². The molecule has 0 radical (unpaired) electrons. The van der Waals surface area contributed by atoms with E-state index in [-0.39, 0.29) is 12.4 Å². The summed E-state index contributed by atoms with van der Waals surface area (Å²) in [5, 5.41) is 11.3. The van der Waals surface area contributed by atoms with Crippen LogP contribution in [0.4, 0.5) is 4.39 Å². The van der Waals surface area contributed by atoms with Crippen LogP contribution in [0.1, 0.15) is 18.1 Å². The predicted octanol–water partition coefficient (Wildman–Crippen LogP) is 3.75. The summed E-state index contributed by atoms with van der Waals surface area (Å²) in [6.07, 6.45) is 0. The summed E-state index contributed by atoms with van der Waals surface area (Å²) >= 11 is 0. The van der Waals surface area contributed by atoms with E-state index >= 15 is 0 Å². The van der Waals surface area contributed by atoms with Gasteiger partial charge in [-0.3, -0.25) is 0 Å². The van der Waals surface area contributed by atoms with Crippen molar-refractivity contribution in [1.29, 1.82) is 0 Å². The monoisotopic (exact) mass is 257 g/mol. The van der Waals surface area contributed by atoms with E-state index in [1.54, 1.807) is 6.07 Å². The molecule has 2 aromatic carbocycles. The number of aromatic nitrogens is 1. The van der Waals surface area contributed by atoms with Gasteiger partial charge in [-0.25, -0.2) is 4.39 Å². The van der Waals surface area contributed by atoms with Gasteiger partial charge in [-0.2, -0.15) is 0 Å². The molecular weight excluding hydrogens is 241 g/mol. The fourth-order valence-electron chi connectivity index (χ4n) is 2.78. The maximum Gasteiger partial charge on any atom is 0.123 e. The molecule has 0 fully saturated rings. The van der Waals surface area contributed by atoms with E-state index in [1.807, 2.05) is 19.1 Å². The summed E-state index contributed by atoms with van der Waals surface area (Å²) in [6.45, 7) is 4.92. The summed E-state index contributed by atoms with van der Waals surface area (Å²) in [7, 11) is 0. The van der Waals surface area contributed by atoms with Gasteiger partial charge in [-0.15, -0.1) is 0 Å². The lowest BCUT2D eigenvalue weighted by molar-refractivity contribution is 0.281. The minimum absolute atomic E-state index is 0.00981. The molecule has 1 N–H and O–H groups in total. The van der Waals surface area contributed by atoms with Gasteiger partial charge in [0.15, 0.2) is 0 Å². The standard InChI is InChI=1S/C16H16FNO/c1-3-18-15-5-4-12(17)8-14(15)13-7-11(9-19)10(2)6-16(13)18/h4-8,19H,3,9H2,1-2H3. The molecule has 3 rings (SSSR count). The van der Waals surface area contributed by atoms with Gasteiger partial charge in [0.1, 0.15) is 5.82 Å². The highest BCUT2D eigenvalue weighted by molar-refractivity contribution is 6.08. The van der Waals surface area contributed by atoms with Crippen molar-refractivity contribution >= 4 is 21.8 Å². The highest BCUT2D eigenvalue weighted by Crippen LogP contribution is 2.31. The van der Waals surface area contributed by atoms with Crippen LogP contribution in [0.2, 0.25) is 0 Å². The zero-order chi connectivity index (χ0) is 13.6. The van der Waals surface area contributed by atoms with Gasteiger partial charge in [0.05, 0.1) is 6.61 Å². The van der Waals surface area contributed by atoms with Crippen molar-refractivity contribution in [3.05, 3.63) is 47.3 Å². The van der Waals surface area contributed by atoms with Crippen LogP contribution in [0.5, 0.6) is 0 Å². The zero-order valence-electron chi connectivity index (χ0n) is 11.1. The summed E-state index contributed by atoms with van der Waals surface area (Å²) in [6, 6.07) is 8.93. The molecule has 0 saturated carbocycles. The van der Waals surface area contributed by atoms with E-state index < -0.39 is 0 Å². The molecule has 0 saturated heterocycles. The maximum atomic E-state index is 13.5. The zero-order valence-corrected chi connectivity index (χ0v) is 11.1. The Hall–Kier alpha value is -1.87. The first-order valence-corrected chi connectivity index (χ1v) is 6.47. The average molecular weight is 257 g/mol. The van der Waals surface area contributed by atoms with Crippen molar-refractivity contribution in [3.8, 4) is 0 Å². The normalized spacial score (nSPS) is 11.6. The number of halogens is 1. The molecule has 0 aliphatic rings. The van der Waals surface area contributed by atoms with Crippen LogP contribution in [0.15, 0.2) is 30.3 Å². The van der Waals surface area contributed by atoms with Crippen molar-refractivity contribution in [1.82, 2.24) is 4.57 Å². The fourth-order valence-corrected chi connectivity index (χ4v) is 2.78. The van der Waals surface area contributed by atoms with Gasteiger partial charge in [0.2, 0.25) is 0 Å². The van der Waals surface area contributed by atoms with Crippen LogP contribution >= 0.6 is 0 Å². The van der Waals surface area contributed by atoms with Crippen molar-refractivity contribution in [2.45, 2.75) is 27.0 Å². The Bertz CT molecular complexity index is 773. The van der Waals surface area contributed by atoms with Crippen LogP contribution < -0.4 is 0 Å². The second kappa shape index (κ2) is 4.35. The Morgan fingerprint density at radius 2 is 1.84 bits per heavy atom. The first kappa shape index (κ1) is 12.2. The quantitative estimate of drug-likeness (QED) is 0.743. The number of aliphatic hydroxyl groups is 1. The first-order chi connectivity index (χ1) is 9.15. The molecule has 0 spiro atoms. The number of fused-ring (bicyclic) bond motifs is 3. The lowest BCUT2D eigenvalue weighted by atomic mass is 10.0. The van der Waals surface area contributed by atoms with Crippen molar-refractivity contribution in [2.24, 2.45) is 0 Å². The third-order valence-corrected chi connectivity index (χ3v) is 3.77. The van der Waals surface area contributed by atoms with Crippen LogP contribution in [-0.2, 0) is 13.2 Å². The number of hydrogen-bond donors (Lipinski definition) is 1. The van der Waals surface area contributed by atoms with E-state index in [9.17, 15) is 9.50 Å². The first-order valence-electron chi connectivity index (χ1n) is 6.47. The lowest BCUT2D eigenvalue weighted by Gasteiger charge is -2.06. The van der Waals surface area contributed by atoms with Gasteiger partial charge in [0.25, 0.3) is 0 Å². The molecule has 0 unspecified atom stereocenters. The number of rotatable bonds is 2. The molecule has 1 aromatic heterocycles. The molecule has 0 atom stereocenters. The van der Waals surface area contributed by atoms with E-state index in [0.717, 1.165) is 39.5 Å². The smallest absolute Gasteiger partial charge is 0.123 e. The summed E-state index contributed by atoms with van der Waals surface area (Å²) in [5.74, 6) is -0.228. The maximum absolute atomic E-state index is 13.5. The Labute approximate surface area is 111 Å². The third kappa shape index (κ3) is 1.73. The largest absolute Gasteiger partial charge is 0.392 e. The number of aryl methyl sites for hydroxylation is 2. The molecule has 19 heavy (non-hydrogen) atoms. The molecule has 3 heteroatoms. The Balaban J connectivity index is 2.52. The van der Waals surface area contributed by atoms with Gasteiger partial charge < -0.3 is 9.67 Å². The Morgan fingerprint density at radius 3 is 2.53 bits per heavy atom. The highest BCUT2D eigenvalue weighted by Gasteiger charge is 2.12. The number of benzene rings is 2. The second-order valence-corrected chi connectivity index (χ2v) is 4.86. The van der Waals surface area contributed by atoms with E-state index in [2.05, 4.69) is 17.6 Å². The molecule has 0 aliphatic carbocycles. The summed E-state index contributed by atoms with van der Waals surface area (Å²) in [5.41, 5.74) is 4.09. The molecule has 3 aromatic rings. The van der Waals surface area contributed by atoms with Crippen molar-refractivity contribution < 1.29 is 9.50 Å². The Morgan fingerprint density at radius 1 is 1.11 bits per heavy atom. The lowest BCUT2D eigenvalue weighted by Crippen LogP contribution is -1.94. The third-order valence-electron chi connectivity index (χ3n) is 3.77. The van der Waals surface area contributed by atoms with Crippen LogP contribution in [0.25, 0.3) is 21.8 Å². The van der Waals surface area contributed by atoms with Crippen molar-refractivity contribution in [3.63, 3.8) is 0 Å².